The van der Waals surface area contributed by atoms with Crippen molar-refractivity contribution in [2.45, 2.75) is 33.1 Å². The highest BCUT2D eigenvalue weighted by Crippen LogP contribution is 2.35. The van der Waals surface area contributed by atoms with Gasteiger partial charge in [-0.25, -0.2) is 4.90 Å². The van der Waals surface area contributed by atoms with E-state index in [0.29, 0.717) is 17.0 Å². The van der Waals surface area contributed by atoms with E-state index in [1.165, 1.54) is 11.3 Å². The number of amides is 2. The molecule has 0 atom stereocenters. The van der Waals surface area contributed by atoms with Crippen LogP contribution in [0.1, 0.15) is 36.0 Å². The molecule has 138 valence electrons. The Balaban J connectivity index is 1.81. The average molecular weight is 360 g/mol. The molecule has 1 saturated heterocycles. The van der Waals surface area contributed by atoms with Crippen LogP contribution in [0.15, 0.2) is 54.2 Å². The minimum absolute atomic E-state index is 0.207. The summed E-state index contributed by atoms with van der Waals surface area (Å²) in [5, 5.41) is 0. The zero-order chi connectivity index (χ0) is 19.0. The molecular weight excluding hydrogens is 336 g/mol. The van der Waals surface area contributed by atoms with E-state index in [9.17, 15) is 9.59 Å². The molecule has 0 unspecified atom stereocenters. The van der Waals surface area contributed by atoms with Crippen LogP contribution >= 0.6 is 0 Å². The summed E-state index contributed by atoms with van der Waals surface area (Å²) in [7, 11) is 0. The lowest BCUT2D eigenvalue weighted by Gasteiger charge is -2.29. The maximum atomic E-state index is 13.4. The maximum absolute atomic E-state index is 13.4. The van der Waals surface area contributed by atoms with E-state index in [-0.39, 0.29) is 11.8 Å². The number of imide groups is 1. The Morgan fingerprint density at radius 1 is 0.704 bits per heavy atom. The summed E-state index contributed by atoms with van der Waals surface area (Å²) in [4.78, 5) is 30.2. The molecule has 0 aromatic heterocycles. The predicted octanol–water partition coefficient (Wildman–Crippen LogP) is 4.07. The molecule has 0 bridgehead atoms. The van der Waals surface area contributed by atoms with Crippen LogP contribution in [0.3, 0.4) is 0 Å². The van der Waals surface area contributed by atoms with E-state index in [1.54, 1.807) is 0 Å². The lowest BCUT2D eigenvalue weighted by Crippen LogP contribution is -2.37. The molecule has 1 fully saturated rings. The molecule has 27 heavy (non-hydrogen) atoms. The predicted molar refractivity (Wildman–Crippen MR) is 107 cm³/mol. The molecule has 4 rings (SSSR count). The molecule has 4 nitrogen and oxygen atoms in total. The number of piperidine rings is 1. The molecule has 2 aliphatic heterocycles. The van der Waals surface area contributed by atoms with Gasteiger partial charge in [-0.1, -0.05) is 47.5 Å². The van der Waals surface area contributed by atoms with E-state index >= 15 is 0 Å². The molecule has 2 aromatic carbocycles. The molecule has 0 N–H and O–H groups in total. The molecule has 2 amide bonds. The van der Waals surface area contributed by atoms with Gasteiger partial charge in [-0.05, 0) is 50.8 Å². The number of carbonyl (C=O) groups is 2. The number of benzene rings is 2. The van der Waals surface area contributed by atoms with Gasteiger partial charge < -0.3 is 4.90 Å². The zero-order valence-electron chi connectivity index (χ0n) is 15.9. The van der Waals surface area contributed by atoms with Gasteiger partial charge in [0.05, 0.1) is 11.3 Å². The van der Waals surface area contributed by atoms with Crippen molar-refractivity contribution in [3.63, 3.8) is 0 Å². The SMILES string of the molecule is Cc1ccc(C2=C(N3CCCCC3)C(=O)N(c3ccc(C)cc3)C2=O)cc1. The van der Waals surface area contributed by atoms with Crippen LogP contribution in [0, 0.1) is 13.8 Å². The fourth-order valence-electron chi connectivity index (χ4n) is 3.84. The van der Waals surface area contributed by atoms with Crippen LogP contribution in [0.5, 0.6) is 0 Å². The van der Waals surface area contributed by atoms with E-state index in [4.69, 9.17) is 0 Å². The van der Waals surface area contributed by atoms with Gasteiger partial charge in [0.25, 0.3) is 11.8 Å². The van der Waals surface area contributed by atoms with Crippen molar-refractivity contribution in [3.05, 3.63) is 70.9 Å². The third-order valence-corrected chi connectivity index (χ3v) is 5.36. The lowest BCUT2D eigenvalue weighted by molar-refractivity contribution is -0.120. The van der Waals surface area contributed by atoms with E-state index < -0.39 is 0 Å². The van der Waals surface area contributed by atoms with Gasteiger partial charge in [0, 0.05) is 13.1 Å². The van der Waals surface area contributed by atoms with Gasteiger partial charge in [-0.2, -0.15) is 0 Å². The minimum Gasteiger partial charge on any atom is -0.366 e. The molecule has 0 spiro atoms. The molecule has 2 aliphatic rings. The molecule has 0 aliphatic carbocycles. The third kappa shape index (κ3) is 3.16. The summed E-state index contributed by atoms with van der Waals surface area (Å²) in [6.45, 7) is 5.66. The van der Waals surface area contributed by atoms with Crippen molar-refractivity contribution < 1.29 is 9.59 Å². The van der Waals surface area contributed by atoms with Gasteiger partial charge in [0.1, 0.15) is 5.70 Å². The Morgan fingerprint density at radius 2 is 1.26 bits per heavy atom. The number of likely N-dealkylation sites (tertiary alicyclic amines) is 1. The number of carbonyl (C=O) groups excluding carboxylic acids is 2. The van der Waals surface area contributed by atoms with Crippen molar-refractivity contribution in [1.82, 2.24) is 4.90 Å². The van der Waals surface area contributed by atoms with Crippen molar-refractivity contribution in [3.8, 4) is 0 Å². The molecule has 0 radical (unpaired) electrons. The first-order valence-electron chi connectivity index (χ1n) is 9.58. The minimum atomic E-state index is -0.228. The van der Waals surface area contributed by atoms with Crippen LogP contribution in [-0.4, -0.2) is 29.8 Å². The van der Waals surface area contributed by atoms with E-state index in [0.717, 1.165) is 42.6 Å². The summed E-state index contributed by atoms with van der Waals surface area (Å²) in [5.41, 5.74) is 4.76. The molecule has 0 saturated carbocycles. The van der Waals surface area contributed by atoms with Crippen LogP contribution < -0.4 is 4.90 Å². The average Bonchev–Trinajstić information content (AvgIpc) is 2.94. The van der Waals surface area contributed by atoms with Crippen molar-refractivity contribution in [2.24, 2.45) is 0 Å². The number of hydrogen-bond acceptors (Lipinski definition) is 3. The molecule has 4 heteroatoms. The Bertz CT molecular complexity index is 904. The summed E-state index contributed by atoms with van der Waals surface area (Å²) in [5.74, 6) is -0.436. The van der Waals surface area contributed by atoms with Gasteiger partial charge in [0.15, 0.2) is 0 Å². The van der Waals surface area contributed by atoms with Crippen LogP contribution in [0.25, 0.3) is 5.57 Å². The fraction of sp³-hybridized carbons (Fsp3) is 0.304. The molecule has 2 heterocycles. The van der Waals surface area contributed by atoms with Crippen molar-refractivity contribution in [1.29, 1.82) is 0 Å². The largest absolute Gasteiger partial charge is 0.366 e. The van der Waals surface area contributed by atoms with E-state index in [2.05, 4.69) is 4.90 Å². The highest BCUT2D eigenvalue weighted by atomic mass is 16.2. The summed E-state index contributed by atoms with van der Waals surface area (Å²) >= 11 is 0. The zero-order valence-corrected chi connectivity index (χ0v) is 15.9. The van der Waals surface area contributed by atoms with Crippen LogP contribution in [0.4, 0.5) is 5.69 Å². The smallest absolute Gasteiger partial charge is 0.282 e. The van der Waals surface area contributed by atoms with Crippen LogP contribution in [0.2, 0.25) is 0 Å². The highest BCUT2D eigenvalue weighted by molar-refractivity contribution is 6.45. The number of hydrogen-bond donors (Lipinski definition) is 0. The first kappa shape index (κ1) is 17.5. The summed E-state index contributed by atoms with van der Waals surface area (Å²) < 4.78 is 0. The van der Waals surface area contributed by atoms with Crippen molar-refractivity contribution >= 4 is 23.1 Å². The number of anilines is 1. The first-order chi connectivity index (χ1) is 13.1. The highest BCUT2D eigenvalue weighted by Gasteiger charge is 2.42. The summed E-state index contributed by atoms with van der Waals surface area (Å²) in [6.07, 6.45) is 3.28. The van der Waals surface area contributed by atoms with Gasteiger partial charge >= 0.3 is 0 Å². The van der Waals surface area contributed by atoms with Gasteiger partial charge in [0.2, 0.25) is 0 Å². The van der Waals surface area contributed by atoms with Gasteiger partial charge in [-0.15, -0.1) is 0 Å². The quantitative estimate of drug-likeness (QED) is 0.775. The Hall–Kier alpha value is -2.88. The summed E-state index contributed by atoms with van der Waals surface area (Å²) in [6, 6.07) is 15.4. The Kier molecular flexibility index (Phi) is 4.56. The third-order valence-electron chi connectivity index (χ3n) is 5.36. The number of nitrogens with zero attached hydrogens (tertiary/aromatic N) is 2. The normalized spacial score (nSPS) is 17.9. The van der Waals surface area contributed by atoms with Crippen LogP contribution in [-0.2, 0) is 9.59 Å². The topological polar surface area (TPSA) is 40.6 Å². The maximum Gasteiger partial charge on any atom is 0.282 e. The van der Waals surface area contributed by atoms with Gasteiger partial charge in [-0.3, -0.25) is 9.59 Å². The molecular formula is C23H24N2O2. The standard InChI is InChI=1S/C23H24N2O2/c1-16-6-10-18(11-7-16)20-21(24-14-4-3-5-15-24)23(27)25(22(20)26)19-12-8-17(2)9-13-19/h6-13H,3-5,14-15H2,1-2H3. The number of rotatable bonds is 3. The van der Waals surface area contributed by atoms with Crippen molar-refractivity contribution in [2.75, 3.05) is 18.0 Å². The fourth-order valence-corrected chi connectivity index (χ4v) is 3.84. The monoisotopic (exact) mass is 360 g/mol. The second-order valence-corrected chi connectivity index (χ2v) is 7.42. The first-order valence-corrected chi connectivity index (χ1v) is 9.58. The number of aryl methyl sites for hydroxylation is 2. The Labute approximate surface area is 160 Å². The second-order valence-electron chi connectivity index (χ2n) is 7.42. The lowest BCUT2D eigenvalue weighted by atomic mass is 10.0. The second kappa shape index (κ2) is 7.03. The Morgan fingerprint density at radius 3 is 1.85 bits per heavy atom. The molecule has 2 aromatic rings. The van der Waals surface area contributed by atoms with E-state index in [1.807, 2.05) is 62.4 Å².